The van der Waals surface area contributed by atoms with Crippen molar-refractivity contribution in [2.45, 2.75) is 47.0 Å². The zero-order chi connectivity index (χ0) is 21.6. The molecular weight excluding hydrogens is 394 g/mol. The summed E-state index contributed by atoms with van der Waals surface area (Å²) < 4.78 is 18.3. The van der Waals surface area contributed by atoms with Crippen molar-refractivity contribution < 1.29 is 8.49 Å². The van der Waals surface area contributed by atoms with Gasteiger partial charge >= 0.3 is 11.3 Å². The fourth-order valence-electron chi connectivity index (χ4n) is 3.69. The van der Waals surface area contributed by atoms with E-state index in [0.717, 1.165) is 12.0 Å². The Morgan fingerprint density at radius 3 is 2.80 bits per heavy atom. The average Bonchev–Trinajstić information content (AvgIpc) is 3.11. The zero-order valence-corrected chi connectivity index (χ0v) is 18.8. The van der Waals surface area contributed by atoms with E-state index in [1.807, 2.05) is 37.5 Å². The van der Waals surface area contributed by atoms with E-state index >= 15 is 0 Å². The Hall–Kier alpha value is -2.73. The van der Waals surface area contributed by atoms with Gasteiger partial charge in [0.15, 0.2) is 5.84 Å². The minimum absolute atomic E-state index is 0.145. The van der Waals surface area contributed by atoms with Gasteiger partial charge in [0, 0.05) is 12.4 Å². The van der Waals surface area contributed by atoms with Crippen molar-refractivity contribution in [1.29, 1.82) is 0 Å². The summed E-state index contributed by atoms with van der Waals surface area (Å²) in [5, 5.41) is 3.69. The summed E-state index contributed by atoms with van der Waals surface area (Å²) >= 11 is -1.56. The Bertz CT molecular complexity index is 983. The molecule has 1 aromatic heterocycles. The van der Waals surface area contributed by atoms with Gasteiger partial charge in [-0.2, -0.15) is 4.21 Å². The quantitative estimate of drug-likeness (QED) is 0.609. The van der Waals surface area contributed by atoms with E-state index < -0.39 is 11.3 Å². The Morgan fingerprint density at radius 1 is 1.27 bits per heavy atom. The molecule has 0 radical (unpaired) electrons. The van der Waals surface area contributed by atoms with Gasteiger partial charge in [-0.15, -0.1) is 0 Å². The molecule has 5 nitrogen and oxygen atoms in total. The van der Waals surface area contributed by atoms with Crippen molar-refractivity contribution in [1.82, 2.24) is 9.71 Å². The maximum Gasteiger partial charge on any atom is 0.338 e. The highest BCUT2D eigenvalue weighted by Gasteiger charge is 2.28. The molecule has 0 saturated carbocycles. The lowest BCUT2D eigenvalue weighted by Gasteiger charge is -2.34. The Morgan fingerprint density at radius 2 is 2.10 bits per heavy atom. The highest BCUT2D eigenvalue weighted by atomic mass is 32.2. The Labute approximate surface area is 181 Å². The molecule has 2 heterocycles. The van der Waals surface area contributed by atoms with Gasteiger partial charge in [0.1, 0.15) is 0 Å². The number of nitrogens with one attached hydrogen (secondary N) is 1. The maximum atomic E-state index is 11.1. The fourth-order valence-corrected chi connectivity index (χ4v) is 4.14. The van der Waals surface area contributed by atoms with E-state index in [4.69, 9.17) is 0 Å². The van der Waals surface area contributed by atoms with Crippen molar-refractivity contribution in [2.75, 3.05) is 0 Å². The van der Waals surface area contributed by atoms with Gasteiger partial charge in [0.05, 0.1) is 0 Å². The van der Waals surface area contributed by atoms with Crippen molar-refractivity contribution in [3.63, 3.8) is 0 Å². The number of pyridine rings is 1. The molecule has 0 saturated heterocycles. The zero-order valence-electron chi connectivity index (χ0n) is 18.0. The summed E-state index contributed by atoms with van der Waals surface area (Å²) in [5.74, 6) is 0.463. The predicted molar refractivity (Wildman–Crippen MR) is 124 cm³/mol. The van der Waals surface area contributed by atoms with Gasteiger partial charge in [-0.05, 0) is 78.1 Å². The van der Waals surface area contributed by atoms with Gasteiger partial charge in [0.25, 0.3) is 0 Å². The minimum atomic E-state index is -1.56. The summed E-state index contributed by atoms with van der Waals surface area (Å²) in [7, 11) is 0. The second-order valence-corrected chi connectivity index (χ2v) is 9.07. The Balaban J connectivity index is 1.75. The standard InChI is InChI=1S/C24H29N3O2S/c1-18(8-5-9-19(2)16-23-26-29-30(28)27-23)12-13-22-21(11-6-14-24(22,3)4)20-10-7-15-25-17-20/h5,7-10,12-13,15-17H,6,11,14H2,1-4H3,(H,26,27)/b9-5+,13-12+,18-8+,19-16+. The summed E-state index contributed by atoms with van der Waals surface area (Å²) in [6.45, 7) is 8.70. The monoisotopic (exact) mass is 423 g/mol. The number of rotatable bonds is 6. The smallest absolute Gasteiger partial charge is 0.269 e. The van der Waals surface area contributed by atoms with Crippen LogP contribution in [0.15, 0.2) is 82.9 Å². The summed E-state index contributed by atoms with van der Waals surface area (Å²) in [6.07, 6.45) is 19.6. The fraction of sp³-hybridized carbons (Fsp3) is 0.333. The van der Waals surface area contributed by atoms with E-state index in [1.165, 1.54) is 35.1 Å². The summed E-state index contributed by atoms with van der Waals surface area (Å²) in [5.41, 5.74) is 6.31. The number of hydrogen-bond donors (Lipinski definition) is 1. The van der Waals surface area contributed by atoms with Crippen molar-refractivity contribution in [2.24, 2.45) is 10.6 Å². The lowest BCUT2D eigenvalue weighted by Crippen LogP contribution is -2.19. The van der Waals surface area contributed by atoms with Gasteiger partial charge in [-0.25, -0.2) is 0 Å². The molecule has 1 N–H and O–H groups in total. The van der Waals surface area contributed by atoms with Gasteiger partial charge < -0.3 is 0 Å². The van der Waals surface area contributed by atoms with Crippen LogP contribution < -0.4 is 4.72 Å². The highest BCUT2D eigenvalue weighted by Crippen LogP contribution is 2.44. The summed E-state index contributed by atoms with van der Waals surface area (Å²) in [6, 6.07) is 4.16. The van der Waals surface area contributed by atoms with Gasteiger partial charge in [-0.3, -0.25) is 14.0 Å². The molecule has 0 fully saturated rings. The molecule has 0 aromatic carbocycles. The average molecular weight is 424 g/mol. The van der Waals surface area contributed by atoms with Crippen LogP contribution in [0.25, 0.3) is 5.57 Å². The van der Waals surface area contributed by atoms with Crippen molar-refractivity contribution in [3.8, 4) is 0 Å². The van der Waals surface area contributed by atoms with Crippen LogP contribution in [0.4, 0.5) is 0 Å². The lowest BCUT2D eigenvalue weighted by atomic mass is 9.71. The van der Waals surface area contributed by atoms with Crippen molar-refractivity contribution in [3.05, 3.63) is 83.3 Å². The predicted octanol–water partition coefficient (Wildman–Crippen LogP) is 5.56. The molecule has 1 aromatic rings. The van der Waals surface area contributed by atoms with E-state index in [2.05, 4.69) is 64.2 Å². The molecule has 1 aliphatic carbocycles. The first kappa shape index (κ1) is 22.0. The SMILES string of the molecule is CC(/C=C/C1=C(c2cccnc2)CCCC1(C)C)=C\C=C\C(C)=C\C1=NOS(=O)N1. The third-order valence-corrected chi connectivity index (χ3v) is 5.87. The lowest BCUT2D eigenvalue weighted by molar-refractivity contribution is 0.385. The Kier molecular flexibility index (Phi) is 7.21. The molecule has 1 atom stereocenters. The van der Waals surface area contributed by atoms with Crippen LogP contribution in [0.5, 0.6) is 0 Å². The molecule has 1 aliphatic heterocycles. The number of amidine groups is 1. The first-order chi connectivity index (χ1) is 14.3. The second-order valence-electron chi connectivity index (χ2n) is 8.25. The van der Waals surface area contributed by atoms with Crippen LogP contribution in [0.3, 0.4) is 0 Å². The van der Waals surface area contributed by atoms with Crippen LogP contribution in [0.2, 0.25) is 0 Å². The molecule has 1 unspecified atom stereocenters. The van der Waals surface area contributed by atoms with Crippen LogP contribution in [0.1, 0.15) is 52.5 Å². The number of allylic oxidation sites excluding steroid dienone is 9. The molecular formula is C24H29N3O2S. The first-order valence-electron chi connectivity index (χ1n) is 10.1. The number of aromatic nitrogens is 1. The summed E-state index contributed by atoms with van der Waals surface area (Å²) in [4.78, 5) is 4.31. The number of hydrogen-bond acceptors (Lipinski definition) is 4. The van der Waals surface area contributed by atoms with E-state index in [1.54, 1.807) is 6.08 Å². The normalized spacial score (nSPS) is 22.4. The second kappa shape index (κ2) is 9.85. The van der Waals surface area contributed by atoms with Crippen LogP contribution in [-0.2, 0) is 15.6 Å². The van der Waals surface area contributed by atoms with Crippen LogP contribution in [0, 0.1) is 5.41 Å². The third kappa shape index (κ3) is 5.89. The molecule has 3 rings (SSSR count). The molecule has 158 valence electrons. The third-order valence-electron chi connectivity index (χ3n) is 5.28. The van der Waals surface area contributed by atoms with Gasteiger partial charge in [0.2, 0.25) is 0 Å². The van der Waals surface area contributed by atoms with Gasteiger partial charge in [-0.1, -0.05) is 55.9 Å². The number of oxime groups is 1. The minimum Gasteiger partial charge on any atom is -0.269 e. The highest BCUT2D eigenvalue weighted by molar-refractivity contribution is 7.79. The molecule has 0 amide bonds. The largest absolute Gasteiger partial charge is 0.338 e. The van der Waals surface area contributed by atoms with Crippen LogP contribution in [-0.4, -0.2) is 15.0 Å². The van der Waals surface area contributed by atoms with Crippen LogP contribution >= 0.6 is 0 Å². The molecule has 6 heteroatoms. The van der Waals surface area contributed by atoms with E-state index in [0.29, 0.717) is 5.84 Å². The molecule has 0 bridgehead atoms. The topological polar surface area (TPSA) is 63.6 Å². The maximum absolute atomic E-state index is 11.1. The molecule has 30 heavy (non-hydrogen) atoms. The molecule has 0 spiro atoms. The van der Waals surface area contributed by atoms with Crippen molar-refractivity contribution >= 4 is 22.7 Å². The first-order valence-corrected chi connectivity index (χ1v) is 11.2. The number of nitrogens with zero attached hydrogens (tertiary/aromatic N) is 2. The molecule has 2 aliphatic rings. The van der Waals surface area contributed by atoms with E-state index in [9.17, 15) is 4.21 Å². The van der Waals surface area contributed by atoms with E-state index in [-0.39, 0.29) is 5.41 Å².